The van der Waals surface area contributed by atoms with Crippen LogP contribution in [0.5, 0.6) is 0 Å². The largest absolute Gasteiger partial charge is 0.390 e. The molecule has 0 spiro atoms. The second-order valence-corrected chi connectivity index (χ2v) is 4.25. The van der Waals surface area contributed by atoms with Crippen molar-refractivity contribution < 1.29 is 18.3 Å². The Kier molecular flexibility index (Phi) is 3.81. The first-order valence-corrected chi connectivity index (χ1v) is 5.20. The zero-order valence-corrected chi connectivity index (χ0v) is 8.24. The minimum atomic E-state index is -4.08. The Morgan fingerprint density at radius 3 is 2.14 bits per heavy atom. The molecule has 14 heavy (non-hydrogen) atoms. The van der Waals surface area contributed by atoms with Gasteiger partial charge in [-0.2, -0.15) is 13.2 Å². The third-order valence-electron chi connectivity index (χ3n) is 2.89. The summed E-state index contributed by atoms with van der Waals surface area (Å²) in [5, 5.41) is 9.90. The van der Waals surface area contributed by atoms with E-state index in [9.17, 15) is 18.3 Å². The fourth-order valence-electron chi connectivity index (χ4n) is 2.08. The predicted molar refractivity (Wildman–Crippen MR) is 47.9 cm³/mol. The summed E-state index contributed by atoms with van der Waals surface area (Å²) in [5.74, 6) is 0. The van der Waals surface area contributed by atoms with Crippen LogP contribution in [0, 0.1) is 0 Å². The molecule has 0 heterocycles. The van der Waals surface area contributed by atoms with Gasteiger partial charge >= 0.3 is 6.18 Å². The van der Waals surface area contributed by atoms with Gasteiger partial charge in [-0.05, 0) is 25.7 Å². The van der Waals surface area contributed by atoms with Crippen molar-refractivity contribution in [3.63, 3.8) is 0 Å². The number of rotatable bonds is 3. The van der Waals surface area contributed by atoms with E-state index in [1.807, 2.05) is 0 Å². The van der Waals surface area contributed by atoms with Gasteiger partial charge in [-0.3, -0.25) is 0 Å². The Balaban J connectivity index is 2.22. The molecule has 84 valence electrons. The van der Waals surface area contributed by atoms with Crippen molar-refractivity contribution in [2.24, 2.45) is 0 Å². The normalized spacial score (nSPS) is 22.3. The van der Waals surface area contributed by atoms with Crippen LogP contribution in [0.2, 0.25) is 0 Å². The van der Waals surface area contributed by atoms with Crippen LogP contribution in [0.25, 0.3) is 0 Å². The van der Waals surface area contributed by atoms with Gasteiger partial charge in [0.15, 0.2) is 0 Å². The van der Waals surface area contributed by atoms with E-state index in [2.05, 4.69) is 0 Å². The van der Waals surface area contributed by atoms with Crippen LogP contribution in [-0.2, 0) is 0 Å². The maximum absolute atomic E-state index is 11.9. The molecule has 0 aromatic rings. The molecule has 0 saturated heterocycles. The van der Waals surface area contributed by atoms with Gasteiger partial charge in [0.2, 0.25) is 0 Å². The van der Waals surface area contributed by atoms with Crippen molar-refractivity contribution in [1.29, 1.82) is 0 Å². The van der Waals surface area contributed by atoms with E-state index in [1.165, 1.54) is 0 Å². The minimum absolute atomic E-state index is 0.0556. The van der Waals surface area contributed by atoms with E-state index in [1.54, 1.807) is 0 Å². The third-order valence-corrected chi connectivity index (χ3v) is 2.89. The summed E-state index contributed by atoms with van der Waals surface area (Å²) in [6.45, 7) is 0. The van der Waals surface area contributed by atoms with Gasteiger partial charge in [0, 0.05) is 6.42 Å². The quantitative estimate of drug-likeness (QED) is 0.756. The Hall–Kier alpha value is -0.250. The topological polar surface area (TPSA) is 20.2 Å². The molecule has 0 aromatic heterocycles. The number of alkyl halides is 3. The molecule has 1 nitrogen and oxygen atoms in total. The molecule has 0 amide bonds. The highest BCUT2D eigenvalue weighted by Gasteiger charge is 2.32. The molecular formula is C10H17F3O. The van der Waals surface area contributed by atoms with Crippen molar-refractivity contribution in [2.45, 2.75) is 63.1 Å². The number of hydrogen-bond donors (Lipinski definition) is 1. The molecule has 1 N–H and O–H groups in total. The monoisotopic (exact) mass is 210 g/mol. The number of halogens is 3. The minimum Gasteiger partial charge on any atom is -0.390 e. The average Bonchev–Trinajstić information content (AvgIpc) is 2.02. The highest BCUT2D eigenvalue weighted by Crippen LogP contribution is 2.33. The van der Waals surface area contributed by atoms with Crippen molar-refractivity contribution >= 4 is 0 Å². The first-order valence-electron chi connectivity index (χ1n) is 5.20. The molecule has 1 aliphatic carbocycles. The SMILES string of the molecule is OC1(CCCC(F)(F)F)CCCCC1. The fraction of sp³-hybridized carbons (Fsp3) is 1.00. The molecule has 0 unspecified atom stereocenters. The summed E-state index contributed by atoms with van der Waals surface area (Å²) in [5.41, 5.74) is -0.802. The molecule has 0 atom stereocenters. The Morgan fingerprint density at radius 2 is 1.64 bits per heavy atom. The van der Waals surface area contributed by atoms with Crippen LogP contribution < -0.4 is 0 Å². The zero-order chi connectivity index (χ0) is 10.7. The van der Waals surface area contributed by atoms with E-state index in [4.69, 9.17) is 0 Å². The van der Waals surface area contributed by atoms with Crippen molar-refractivity contribution in [3.8, 4) is 0 Å². The van der Waals surface area contributed by atoms with E-state index in [0.717, 1.165) is 19.3 Å². The lowest BCUT2D eigenvalue weighted by molar-refractivity contribution is -0.138. The van der Waals surface area contributed by atoms with Gasteiger partial charge in [-0.25, -0.2) is 0 Å². The first-order chi connectivity index (χ1) is 6.41. The third kappa shape index (κ3) is 4.31. The molecule has 1 fully saturated rings. The van der Waals surface area contributed by atoms with Gasteiger partial charge in [-0.1, -0.05) is 19.3 Å². The van der Waals surface area contributed by atoms with Gasteiger partial charge in [-0.15, -0.1) is 0 Å². The van der Waals surface area contributed by atoms with Crippen molar-refractivity contribution in [2.75, 3.05) is 0 Å². The van der Waals surface area contributed by atoms with E-state index in [0.29, 0.717) is 19.3 Å². The van der Waals surface area contributed by atoms with E-state index < -0.39 is 18.2 Å². The molecule has 0 radical (unpaired) electrons. The molecule has 1 saturated carbocycles. The van der Waals surface area contributed by atoms with E-state index >= 15 is 0 Å². The maximum Gasteiger partial charge on any atom is 0.389 e. The molecule has 1 rings (SSSR count). The van der Waals surface area contributed by atoms with Crippen LogP contribution in [-0.4, -0.2) is 16.9 Å². The highest BCUT2D eigenvalue weighted by molar-refractivity contribution is 4.82. The van der Waals surface area contributed by atoms with E-state index in [-0.39, 0.29) is 6.42 Å². The Bertz CT molecular complexity index is 171. The highest BCUT2D eigenvalue weighted by atomic mass is 19.4. The number of aliphatic hydroxyl groups is 1. The van der Waals surface area contributed by atoms with Crippen molar-refractivity contribution in [1.82, 2.24) is 0 Å². The molecule has 1 aliphatic rings. The lowest BCUT2D eigenvalue weighted by Gasteiger charge is -2.32. The molecule has 0 aromatic carbocycles. The summed E-state index contributed by atoms with van der Waals surface area (Å²) < 4.78 is 35.6. The van der Waals surface area contributed by atoms with Crippen LogP contribution in [0.15, 0.2) is 0 Å². The molecule has 0 aliphatic heterocycles. The summed E-state index contributed by atoms with van der Waals surface area (Å²) in [7, 11) is 0. The van der Waals surface area contributed by atoms with Gasteiger partial charge in [0.25, 0.3) is 0 Å². The lowest BCUT2D eigenvalue weighted by Crippen LogP contribution is -2.31. The summed E-state index contributed by atoms with van der Waals surface area (Å²) >= 11 is 0. The van der Waals surface area contributed by atoms with Crippen molar-refractivity contribution in [3.05, 3.63) is 0 Å². The number of hydrogen-bond acceptors (Lipinski definition) is 1. The first kappa shape index (κ1) is 11.8. The maximum atomic E-state index is 11.9. The molecular weight excluding hydrogens is 193 g/mol. The van der Waals surface area contributed by atoms with Crippen LogP contribution >= 0.6 is 0 Å². The Morgan fingerprint density at radius 1 is 1.07 bits per heavy atom. The van der Waals surface area contributed by atoms with Crippen LogP contribution in [0.1, 0.15) is 51.4 Å². The fourth-order valence-corrected chi connectivity index (χ4v) is 2.08. The second kappa shape index (κ2) is 4.51. The van der Waals surface area contributed by atoms with Crippen LogP contribution in [0.4, 0.5) is 13.2 Å². The van der Waals surface area contributed by atoms with Gasteiger partial charge in [0.05, 0.1) is 5.60 Å². The smallest absolute Gasteiger partial charge is 0.389 e. The summed E-state index contributed by atoms with van der Waals surface area (Å²) in [6.07, 6.45) is -0.158. The molecule has 0 bridgehead atoms. The average molecular weight is 210 g/mol. The van der Waals surface area contributed by atoms with Gasteiger partial charge < -0.3 is 5.11 Å². The lowest BCUT2D eigenvalue weighted by atomic mass is 9.81. The predicted octanol–water partition coefficient (Wildman–Crippen LogP) is 3.41. The summed E-state index contributed by atoms with van der Waals surface area (Å²) in [4.78, 5) is 0. The second-order valence-electron chi connectivity index (χ2n) is 4.25. The zero-order valence-electron chi connectivity index (χ0n) is 8.24. The van der Waals surface area contributed by atoms with Gasteiger partial charge in [0.1, 0.15) is 0 Å². The standard InChI is InChI=1S/C10H17F3O/c11-10(12,13)8-4-7-9(14)5-2-1-3-6-9/h14H,1-8H2. The Labute approximate surface area is 82.3 Å². The summed E-state index contributed by atoms with van der Waals surface area (Å²) in [6, 6.07) is 0. The molecule has 4 heteroatoms. The van der Waals surface area contributed by atoms with Crippen LogP contribution in [0.3, 0.4) is 0 Å².